The van der Waals surface area contributed by atoms with Crippen LogP contribution in [0.1, 0.15) is 23.6 Å². The van der Waals surface area contributed by atoms with E-state index in [-0.39, 0.29) is 5.78 Å². The van der Waals surface area contributed by atoms with Gasteiger partial charge in [-0.25, -0.2) is 0 Å². The molecule has 1 saturated heterocycles. The van der Waals surface area contributed by atoms with Crippen LogP contribution in [0.15, 0.2) is 54.1 Å². The van der Waals surface area contributed by atoms with Gasteiger partial charge in [-0.05, 0) is 43.7 Å². The summed E-state index contributed by atoms with van der Waals surface area (Å²) in [5.74, 6) is 6.13. The molecule has 26 heavy (non-hydrogen) atoms. The van der Waals surface area contributed by atoms with Gasteiger partial charge in [0.05, 0.1) is 18.8 Å². The van der Waals surface area contributed by atoms with Gasteiger partial charge < -0.3 is 9.64 Å². The van der Waals surface area contributed by atoms with E-state index in [0.717, 1.165) is 43.1 Å². The summed E-state index contributed by atoms with van der Waals surface area (Å²) in [6.07, 6.45) is 1.90. The molecule has 0 amide bonds. The number of rotatable bonds is 3. The van der Waals surface area contributed by atoms with E-state index in [9.17, 15) is 4.79 Å². The lowest BCUT2D eigenvalue weighted by Crippen LogP contribution is -2.36. The average Bonchev–Trinajstić information content (AvgIpc) is 2.67. The summed E-state index contributed by atoms with van der Waals surface area (Å²) in [6.45, 7) is 6.77. The maximum atomic E-state index is 12.1. The Kier molecular flexibility index (Phi) is 5.88. The average molecular weight is 345 g/mol. The smallest absolute Gasteiger partial charge is 0.168 e. The molecule has 0 radical (unpaired) electrons. The second-order valence-corrected chi connectivity index (χ2v) is 6.39. The van der Waals surface area contributed by atoms with E-state index >= 15 is 0 Å². The van der Waals surface area contributed by atoms with Crippen LogP contribution in [0.3, 0.4) is 0 Å². The van der Waals surface area contributed by atoms with E-state index in [1.54, 1.807) is 6.92 Å². The molecular formula is C23H23NO2. The highest BCUT2D eigenvalue weighted by Gasteiger charge is 2.14. The number of allylic oxidation sites excluding steroid dienone is 1. The molecule has 0 unspecified atom stereocenters. The van der Waals surface area contributed by atoms with E-state index in [1.807, 2.05) is 55.5 Å². The van der Waals surface area contributed by atoms with Crippen LogP contribution in [0.2, 0.25) is 0 Å². The first kappa shape index (κ1) is 18.0. The number of Topliss-reactive ketones (excluding diaryl/α,β-unsaturated/α-hetero) is 1. The summed E-state index contributed by atoms with van der Waals surface area (Å²) in [6, 6.07) is 16.1. The van der Waals surface area contributed by atoms with Gasteiger partial charge in [-0.15, -0.1) is 0 Å². The third kappa shape index (κ3) is 4.62. The number of carbonyl (C=O) groups is 1. The summed E-state index contributed by atoms with van der Waals surface area (Å²) in [5, 5.41) is 0. The lowest BCUT2D eigenvalue weighted by molar-refractivity contribution is -0.113. The predicted octanol–water partition coefficient (Wildman–Crippen LogP) is 3.86. The van der Waals surface area contributed by atoms with Crippen molar-refractivity contribution >= 4 is 17.5 Å². The van der Waals surface area contributed by atoms with Gasteiger partial charge in [0.2, 0.25) is 0 Å². The van der Waals surface area contributed by atoms with E-state index in [4.69, 9.17) is 4.74 Å². The Bertz CT molecular complexity index is 863. The highest BCUT2D eigenvalue weighted by atomic mass is 16.5. The second-order valence-electron chi connectivity index (χ2n) is 6.39. The second kappa shape index (κ2) is 8.51. The highest BCUT2D eigenvalue weighted by Crippen LogP contribution is 2.24. The van der Waals surface area contributed by atoms with Crippen molar-refractivity contribution in [1.29, 1.82) is 0 Å². The van der Waals surface area contributed by atoms with E-state index < -0.39 is 0 Å². The molecule has 1 aliphatic rings. The highest BCUT2D eigenvalue weighted by molar-refractivity contribution is 6.03. The first-order chi connectivity index (χ1) is 12.6. The van der Waals surface area contributed by atoms with Crippen molar-refractivity contribution in [2.75, 3.05) is 31.2 Å². The quantitative estimate of drug-likeness (QED) is 0.625. The minimum atomic E-state index is -0.0265. The number of benzene rings is 2. The van der Waals surface area contributed by atoms with Crippen LogP contribution in [-0.2, 0) is 9.53 Å². The monoisotopic (exact) mass is 345 g/mol. The zero-order valence-electron chi connectivity index (χ0n) is 15.3. The van der Waals surface area contributed by atoms with Crippen LogP contribution in [-0.4, -0.2) is 32.1 Å². The Hall–Kier alpha value is -2.83. The molecule has 0 bridgehead atoms. The third-order valence-corrected chi connectivity index (χ3v) is 4.36. The van der Waals surface area contributed by atoms with Crippen molar-refractivity contribution in [1.82, 2.24) is 0 Å². The molecule has 132 valence electrons. The molecule has 0 saturated carbocycles. The van der Waals surface area contributed by atoms with Crippen molar-refractivity contribution in [3.05, 3.63) is 70.8 Å². The van der Waals surface area contributed by atoms with Crippen molar-refractivity contribution in [2.45, 2.75) is 13.8 Å². The van der Waals surface area contributed by atoms with Crippen LogP contribution in [0.25, 0.3) is 6.08 Å². The number of ether oxygens (including phenoxy) is 1. The summed E-state index contributed by atoms with van der Waals surface area (Å²) < 4.78 is 5.44. The number of carbonyl (C=O) groups excluding carboxylic acids is 1. The van der Waals surface area contributed by atoms with Gasteiger partial charge in [-0.3, -0.25) is 4.79 Å². The van der Waals surface area contributed by atoms with Gasteiger partial charge in [0.15, 0.2) is 5.78 Å². The van der Waals surface area contributed by atoms with Gasteiger partial charge in [0.1, 0.15) is 0 Å². The molecule has 3 heteroatoms. The van der Waals surface area contributed by atoms with E-state index in [1.165, 1.54) is 5.56 Å². The minimum Gasteiger partial charge on any atom is -0.378 e. The molecule has 3 nitrogen and oxygen atoms in total. The largest absolute Gasteiger partial charge is 0.378 e. The molecule has 3 rings (SSSR count). The van der Waals surface area contributed by atoms with E-state index in [0.29, 0.717) is 5.57 Å². The predicted molar refractivity (Wildman–Crippen MR) is 106 cm³/mol. The summed E-state index contributed by atoms with van der Waals surface area (Å²) in [5.41, 5.74) is 4.75. The lowest BCUT2D eigenvalue weighted by Gasteiger charge is -2.30. The number of ketones is 1. The van der Waals surface area contributed by atoms with Gasteiger partial charge >= 0.3 is 0 Å². The number of hydrogen-bond donors (Lipinski definition) is 0. The number of aryl methyl sites for hydroxylation is 1. The standard InChI is InChI=1S/C23H23NO2/c1-18-7-9-20(10-8-18)11-12-21(19(2)25)17-22-5-3-4-6-23(22)24-13-15-26-16-14-24/h3-10,17H,13-16H2,1-2H3/b21-17+. The normalized spacial score (nSPS) is 14.5. The molecule has 0 aliphatic carbocycles. The Morgan fingerprint density at radius 2 is 1.77 bits per heavy atom. The molecule has 1 fully saturated rings. The molecular weight excluding hydrogens is 322 g/mol. The number of morpholine rings is 1. The molecule has 1 heterocycles. The fourth-order valence-corrected chi connectivity index (χ4v) is 2.86. The molecule has 0 aromatic heterocycles. The fourth-order valence-electron chi connectivity index (χ4n) is 2.86. The zero-order chi connectivity index (χ0) is 18.4. The molecule has 1 aliphatic heterocycles. The summed E-state index contributed by atoms with van der Waals surface area (Å²) >= 11 is 0. The van der Waals surface area contributed by atoms with Crippen LogP contribution >= 0.6 is 0 Å². The Morgan fingerprint density at radius 1 is 1.08 bits per heavy atom. The van der Waals surface area contributed by atoms with Crippen LogP contribution in [0.5, 0.6) is 0 Å². The van der Waals surface area contributed by atoms with Crippen LogP contribution < -0.4 is 4.90 Å². The Morgan fingerprint density at radius 3 is 2.46 bits per heavy atom. The third-order valence-electron chi connectivity index (χ3n) is 4.36. The molecule has 0 atom stereocenters. The topological polar surface area (TPSA) is 29.5 Å². The minimum absolute atomic E-state index is 0.0265. The van der Waals surface area contributed by atoms with Crippen molar-refractivity contribution in [2.24, 2.45) is 0 Å². The molecule has 2 aromatic rings. The van der Waals surface area contributed by atoms with Gasteiger partial charge in [-0.2, -0.15) is 0 Å². The van der Waals surface area contributed by atoms with Crippen LogP contribution in [0.4, 0.5) is 5.69 Å². The van der Waals surface area contributed by atoms with E-state index in [2.05, 4.69) is 22.8 Å². The van der Waals surface area contributed by atoms with Crippen LogP contribution in [0, 0.1) is 18.8 Å². The maximum Gasteiger partial charge on any atom is 0.168 e. The summed E-state index contributed by atoms with van der Waals surface area (Å²) in [4.78, 5) is 14.4. The maximum absolute atomic E-state index is 12.1. The Labute approximate surface area is 155 Å². The van der Waals surface area contributed by atoms with Crippen molar-refractivity contribution in [3.8, 4) is 11.8 Å². The fraction of sp³-hybridized carbons (Fsp3) is 0.261. The molecule has 0 spiro atoms. The van der Waals surface area contributed by atoms with Gasteiger partial charge in [0.25, 0.3) is 0 Å². The van der Waals surface area contributed by atoms with Crippen molar-refractivity contribution < 1.29 is 9.53 Å². The SMILES string of the molecule is CC(=O)/C(C#Cc1ccc(C)cc1)=C/c1ccccc1N1CCOCC1. The van der Waals surface area contributed by atoms with Gasteiger partial charge in [-0.1, -0.05) is 47.7 Å². The van der Waals surface area contributed by atoms with Gasteiger partial charge in [0, 0.05) is 24.3 Å². The number of anilines is 1. The summed E-state index contributed by atoms with van der Waals surface area (Å²) in [7, 11) is 0. The lowest BCUT2D eigenvalue weighted by atomic mass is 10.0. The zero-order valence-corrected chi connectivity index (χ0v) is 15.3. The number of hydrogen-bond acceptors (Lipinski definition) is 3. The van der Waals surface area contributed by atoms with Crippen molar-refractivity contribution in [3.63, 3.8) is 0 Å². The first-order valence-corrected chi connectivity index (χ1v) is 8.86. The number of para-hydroxylation sites is 1. The Balaban J connectivity index is 1.93. The molecule has 2 aromatic carbocycles. The first-order valence-electron chi connectivity index (χ1n) is 8.86. The molecule has 0 N–H and O–H groups in total. The number of nitrogens with zero attached hydrogens (tertiary/aromatic N) is 1.